The molecule has 0 aliphatic rings. The zero-order valence-electron chi connectivity index (χ0n) is 7.87. The lowest BCUT2D eigenvalue weighted by Crippen LogP contribution is -2.02. The average Bonchev–Trinajstić information content (AvgIpc) is 2.26. The Morgan fingerprint density at radius 3 is 2.73 bits per heavy atom. The first-order valence-corrected chi connectivity index (χ1v) is 4.01. The normalized spacial score (nSPS) is 10.1. The van der Waals surface area contributed by atoms with Gasteiger partial charge in [-0.2, -0.15) is 5.26 Å². The van der Waals surface area contributed by atoms with Gasteiger partial charge >= 0.3 is 0 Å². The van der Waals surface area contributed by atoms with Crippen LogP contribution in [-0.2, 0) is 6.61 Å². The van der Waals surface area contributed by atoms with Gasteiger partial charge in [0.25, 0.3) is 6.43 Å². The number of nitrogens with zero attached hydrogens (tertiary/aromatic N) is 2. The second-order valence-corrected chi connectivity index (χ2v) is 2.64. The molecule has 1 N–H and O–H groups in total. The highest BCUT2D eigenvalue weighted by atomic mass is 19.3. The molecule has 0 aromatic carbocycles. The largest absolute Gasteiger partial charge is 0.495 e. The molecule has 0 amide bonds. The number of aliphatic hydroxyl groups excluding tert-OH is 1. The van der Waals surface area contributed by atoms with Crippen molar-refractivity contribution < 1.29 is 18.6 Å². The number of hydrogen-bond donors (Lipinski definition) is 1. The number of methoxy groups -OCH3 is 1. The van der Waals surface area contributed by atoms with Gasteiger partial charge in [0.1, 0.15) is 23.1 Å². The molecule has 1 rings (SSSR count). The van der Waals surface area contributed by atoms with Crippen molar-refractivity contribution in [3.8, 4) is 11.8 Å². The van der Waals surface area contributed by atoms with Crippen LogP contribution in [0.3, 0.4) is 0 Å². The third kappa shape index (κ3) is 2.19. The summed E-state index contributed by atoms with van der Waals surface area (Å²) in [5.41, 5.74) is -0.647. The van der Waals surface area contributed by atoms with Gasteiger partial charge in [0, 0.05) is 6.07 Å². The molecular weight excluding hydrogens is 206 g/mol. The van der Waals surface area contributed by atoms with Gasteiger partial charge < -0.3 is 9.84 Å². The van der Waals surface area contributed by atoms with Crippen LogP contribution in [0.15, 0.2) is 6.07 Å². The van der Waals surface area contributed by atoms with Gasteiger partial charge in [-0.3, -0.25) is 0 Å². The predicted molar refractivity (Wildman–Crippen MR) is 46.4 cm³/mol. The number of halogens is 2. The second-order valence-electron chi connectivity index (χ2n) is 2.64. The van der Waals surface area contributed by atoms with Crippen molar-refractivity contribution in [1.82, 2.24) is 4.98 Å². The summed E-state index contributed by atoms with van der Waals surface area (Å²) in [5.74, 6) is -0.00755. The van der Waals surface area contributed by atoms with Crippen LogP contribution in [0.1, 0.15) is 23.4 Å². The van der Waals surface area contributed by atoms with Crippen LogP contribution < -0.4 is 4.74 Å². The monoisotopic (exact) mass is 214 g/mol. The van der Waals surface area contributed by atoms with E-state index < -0.39 is 18.7 Å². The average molecular weight is 214 g/mol. The predicted octanol–water partition coefficient (Wildman–Crippen LogP) is 1.39. The Hall–Kier alpha value is -1.74. The van der Waals surface area contributed by atoms with Crippen molar-refractivity contribution in [2.24, 2.45) is 0 Å². The zero-order chi connectivity index (χ0) is 11.4. The topological polar surface area (TPSA) is 66.1 Å². The molecule has 0 radical (unpaired) electrons. The minimum Gasteiger partial charge on any atom is -0.495 e. The molecule has 6 heteroatoms. The number of aliphatic hydroxyl groups is 1. The number of aromatic nitrogens is 1. The lowest BCUT2D eigenvalue weighted by Gasteiger charge is -2.08. The van der Waals surface area contributed by atoms with E-state index >= 15 is 0 Å². The van der Waals surface area contributed by atoms with Crippen LogP contribution in [0.2, 0.25) is 0 Å². The number of ether oxygens (including phenoxy) is 1. The standard InChI is InChI=1S/C9H8F2N2O2/c1-15-8-2-6(9(10)11)13-7(4-14)5(8)3-12/h2,9,14H,4H2,1H3. The fraction of sp³-hybridized carbons (Fsp3) is 0.333. The quantitative estimate of drug-likeness (QED) is 0.825. The van der Waals surface area contributed by atoms with Crippen LogP contribution in [0.25, 0.3) is 0 Å². The summed E-state index contributed by atoms with van der Waals surface area (Å²) in [6.45, 7) is -0.584. The first-order chi connectivity index (χ1) is 7.13. The fourth-order valence-corrected chi connectivity index (χ4v) is 1.10. The van der Waals surface area contributed by atoms with E-state index in [9.17, 15) is 8.78 Å². The maximum atomic E-state index is 12.4. The van der Waals surface area contributed by atoms with Gasteiger partial charge in [0.15, 0.2) is 0 Å². The molecule has 0 atom stereocenters. The van der Waals surface area contributed by atoms with E-state index in [1.54, 1.807) is 6.07 Å². The molecule has 15 heavy (non-hydrogen) atoms. The lowest BCUT2D eigenvalue weighted by molar-refractivity contribution is 0.144. The molecule has 80 valence electrons. The molecule has 0 unspecified atom stereocenters. The molecule has 0 saturated heterocycles. The summed E-state index contributed by atoms with van der Waals surface area (Å²) >= 11 is 0. The molecule has 0 saturated carbocycles. The van der Waals surface area contributed by atoms with Crippen LogP contribution in [0.5, 0.6) is 5.75 Å². The van der Waals surface area contributed by atoms with Crippen molar-refractivity contribution in [3.05, 3.63) is 23.0 Å². The van der Waals surface area contributed by atoms with E-state index in [2.05, 4.69) is 4.98 Å². The third-order valence-corrected chi connectivity index (χ3v) is 1.78. The van der Waals surface area contributed by atoms with Crippen molar-refractivity contribution in [2.75, 3.05) is 7.11 Å². The number of nitriles is 1. The highest BCUT2D eigenvalue weighted by Gasteiger charge is 2.17. The number of pyridine rings is 1. The fourth-order valence-electron chi connectivity index (χ4n) is 1.10. The van der Waals surface area contributed by atoms with Gasteiger partial charge in [-0.25, -0.2) is 13.8 Å². The minimum absolute atomic E-state index is 0.00755. The van der Waals surface area contributed by atoms with E-state index in [1.165, 1.54) is 7.11 Å². The molecule has 0 aliphatic heterocycles. The summed E-state index contributed by atoms with van der Waals surface area (Å²) in [6, 6.07) is 2.73. The summed E-state index contributed by atoms with van der Waals surface area (Å²) in [4.78, 5) is 3.47. The van der Waals surface area contributed by atoms with Gasteiger partial charge in [-0.05, 0) is 0 Å². The van der Waals surface area contributed by atoms with E-state index in [0.717, 1.165) is 6.07 Å². The maximum Gasteiger partial charge on any atom is 0.280 e. The van der Waals surface area contributed by atoms with E-state index in [1.807, 2.05) is 0 Å². The number of rotatable bonds is 3. The van der Waals surface area contributed by atoms with Gasteiger partial charge in [-0.1, -0.05) is 0 Å². The van der Waals surface area contributed by atoms with Crippen molar-refractivity contribution >= 4 is 0 Å². The minimum atomic E-state index is -2.77. The summed E-state index contributed by atoms with van der Waals surface area (Å²) in [7, 11) is 1.26. The molecule has 1 aromatic heterocycles. The molecule has 0 aliphatic carbocycles. The van der Waals surface area contributed by atoms with Gasteiger partial charge in [-0.15, -0.1) is 0 Å². The van der Waals surface area contributed by atoms with Crippen LogP contribution >= 0.6 is 0 Å². The molecule has 4 nitrogen and oxygen atoms in total. The van der Waals surface area contributed by atoms with Gasteiger partial charge in [0.05, 0.1) is 19.4 Å². The first-order valence-electron chi connectivity index (χ1n) is 4.01. The molecule has 0 bridgehead atoms. The molecule has 1 heterocycles. The zero-order valence-corrected chi connectivity index (χ0v) is 7.87. The Kier molecular flexibility index (Phi) is 3.52. The van der Waals surface area contributed by atoms with Gasteiger partial charge in [0.2, 0.25) is 0 Å². The Bertz CT molecular complexity index is 377. The Labute approximate surface area is 84.7 Å². The number of hydrogen-bond acceptors (Lipinski definition) is 4. The van der Waals surface area contributed by atoms with Crippen LogP contribution in [0, 0.1) is 11.3 Å². The summed E-state index contributed by atoms with van der Waals surface area (Å²) in [6.07, 6.45) is -2.77. The number of alkyl halides is 2. The molecular formula is C9H8F2N2O2. The van der Waals surface area contributed by atoms with Crippen LogP contribution in [0.4, 0.5) is 8.78 Å². The second kappa shape index (κ2) is 4.66. The Balaban J connectivity index is 3.37. The van der Waals surface area contributed by atoms with Crippen molar-refractivity contribution in [2.45, 2.75) is 13.0 Å². The van der Waals surface area contributed by atoms with Crippen LogP contribution in [-0.4, -0.2) is 17.2 Å². The Morgan fingerprint density at radius 2 is 2.33 bits per heavy atom. The molecule has 0 fully saturated rings. The van der Waals surface area contributed by atoms with E-state index in [0.29, 0.717) is 0 Å². The third-order valence-electron chi connectivity index (χ3n) is 1.78. The smallest absolute Gasteiger partial charge is 0.280 e. The SMILES string of the molecule is COc1cc(C(F)F)nc(CO)c1C#N. The molecule has 1 aromatic rings. The maximum absolute atomic E-state index is 12.4. The van der Waals surface area contributed by atoms with Crippen molar-refractivity contribution in [1.29, 1.82) is 5.26 Å². The van der Waals surface area contributed by atoms with Crippen molar-refractivity contribution in [3.63, 3.8) is 0 Å². The highest BCUT2D eigenvalue weighted by Crippen LogP contribution is 2.26. The lowest BCUT2D eigenvalue weighted by atomic mass is 10.1. The highest BCUT2D eigenvalue weighted by molar-refractivity contribution is 5.47. The first kappa shape index (κ1) is 11.3. The summed E-state index contributed by atoms with van der Waals surface area (Å²) in [5, 5.41) is 17.6. The van der Waals surface area contributed by atoms with E-state index in [4.69, 9.17) is 15.1 Å². The van der Waals surface area contributed by atoms with E-state index in [-0.39, 0.29) is 17.0 Å². The summed E-state index contributed by atoms with van der Waals surface area (Å²) < 4.78 is 29.5. The Morgan fingerprint density at radius 1 is 1.67 bits per heavy atom. The molecule has 0 spiro atoms.